The Morgan fingerprint density at radius 2 is 1.59 bits per heavy atom. The maximum absolute atomic E-state index is 14.8. The number of hydrogen-bond donors (Lipinski definition) is 4. The molecule has 1 amide bonds. The lowest BCUT2D eigenvalue weighted by Crippen LogP contribution is -2.62. The molecule has 4 N–H and O–H groups in total. The van der Waals surface area contributed by atoms with Crippen molar-refractivity contribution >= 4 is 23.7 Å². The molecule has 0 aromatic heterocycles. The molecule has 3 heterocycles. The molecular formula is C55H97N3O15. The predicted molar refractivity (Wildman–Crippen MR) is 276 cm³/mol. The number of aliphatic hydroxyl groups excluding tert-OH is 1. The molecule has 4 aliphatic rings. The number of ether oxygens (including phenoxy) is 8. The molecule has 18 atom stereocenters. The van der Waals surface area contributed by atoms with Crippen LogP contribution >= 0.6 is 0 Å². The molecule has 3 aliphatic heterocycles. The molecule has 0 spiro atoms. The number of nitrogens with one attached hydrogen (secondary N) is 1. The van der Waals surface area contributed by atoms with Gasteiger partial charge in [0.1, 0.15) is 23.9 Å². The van der Waals surface area contributed by atoms with E-state index < -0.39 is 114 Å². The quantitative estimate of drug-likeness (QED) is 0.0341. The van der Waals surface area contributed by atoms with Gasteiger partial charge in [0.15, 0.2) is 24.8 Å². The van der Waals surface area contributed by atoms with E-state index >= 15 is 0 Å². The zero-order chi connectivity index (χ0) is 54.4. The monoisotopic (exact) mass is 1040 g/mol. The van der Waals surface area contributed by atoms with Crippen LogP contribution in [0.25, 0.3) is 0 Å². The average Bonchev–Trinajstić information content (AvgIpc) is 3.33. The number of rotatable bonds is 18. The van der Waals surface area contributed by atoms with Gasteiger partial charge in [-0.05, 0) is 107 Å². The molecule has 0 bridgehead atoms. The van der Waals surface area contributed by atoms with Crippen molar-refractivity contribution < 1.29 is 72.4 Å². The Kier molecular flexibility index (Phi) is 24.4. The third kappa shape index (κ3) is 17.0. The number of carbonyl (C=O) groups excluding carboxylic acids is 3. The number of likely N-dealkylation sites (N-methyl/N-ethyl adjacent to an activating group) is 1. The van der Waals surface area contributed by atoms with Crippen LogP contribution in [0.4, 0.5) is 4.79 Å². The van der Waals surface area contributed by atoms with E-state index in [9.17, 15) is 29.7 Å². The lowest BCUT2D eigenvalue weighted by Gasteiger charge is -2.49. The summed E-state index contributed by atoms with van der Waals surface area (Å²) in [7, 11) is 5.30. The van der Waals surface area contributed by atoms with E-state index in [1.165, 1.54) is 53.1 Å². The fourth-order valence-corrected chi connectivity index (χ4v) is 11.8. The number of alkyl carbamates (subject to hydrolysis) is 1. The van der Waals surface area contributed by atoms with Crippen molar-refractivity contribution in [1.29, 1.82) is 0 Å². The van der Waals surface area contributed by atoms with E-state index in [2.05, 4.69) is 10.5 Å². The topological polar surface area (TPSA) is 223 Å². The zero-order valence-corrected chi connectivity index (χ0v) is 47.1. The molecule has 1 saturated carbocycles. The van der Waals surface area contributed by atoms with Gasteiger partial charge >= 0.3 is 18.0 Å². The Morgan fingerprint density at radius 1 is 0.904 bits per heavy atom. The van der Waals surface area contributed by atoms with Gasteiger partial charge in [0.05, 0.1) is 53.8 Å². The van der Waals surface area contributed by atoms with Gasteiger partial charge in [-0.2, -0.15) is 0 Å². The third-order valence-corrected chi connectivity index (χ3v) is 16.1. The van der Waals surface area contributed by atoms with Crippen molar-refractivity contribution in [2.24, 2.45) is 34.7 Å². The summed E-state index contributed by atoms with van der Waals surface area (Å²) in [5.41, 5.74) is -4.47. The maximum Gasteiger partial charge on any atom is 0.407 e. The van der Waals surface area contributed by atoms with E-state index in [4.69, 9.17) is 42.7 Å². The summed E-state index contributed by atoms with van der Waals surface area (Å²) in [4.78, 5) is 48.6. The van der Waals surface area contributed by atoms with Crippen LogP contribution in [-0.2, 0) is 52.3 Å². The molecule has 18 heteroatoms. The zero-order valence-electron chi connectivity index (χ0n) is 47.1. The van der Waals surface area contributed by atoms with Crippen LogP contribution in [0.5, 0.6) is 0 Å². The van der Waals surface area contributed by atoms with E-state index in [0.29, 0.717) is 37.6 Å². The highest BCUT2D eigenvalue weighted by molar-refractivity contribution is 5.88. The molecular weight excluding hydrogens is 943 g/mol. The van der Waals surface area contributed by atoms with Gasteiger partial charge in [-0.25, -0.2) is 4.79 Å². The van der Waals surface area contributed by atoms with Gasteiger partial charge in [0, 0.05) is 44.8 Å². The molecule has 4 rings (SSSR count). The van der Waals surface area contributed by atoms with Crippen molar-refractivity contribution in [3.05, 3.63) is 12.2 Å². The van der Waals surface area contributed by atoms with Crippen LogP contribution in [0.15, 0.2) is 17.3 Å². The smallest absolute Gasteiger partial charge is 0.407 e. The summed E-state index contributed by atoms with van der Waals surface area (Å²) in [6.45, 7) is 21.4. The first kappa shape index (κ1) is 62.6. The van der Waals surface area contributed by atoms with Gasteiger partial charge in [0.2, 0.25) is 0 Å². The van der Waals surface area contributed by atoms with E-state index in [1.807, 2.05) is 51.9 Å². The van der Waals surface area contributed by atoms with Crippen LogP contribution < -0.4 is 5.32 Å². The standard InChI is InChI=1S/C55H97N3O15/c1-16-18-19-23-28-56-52(62)72-46-41(58(13)14)30-34(4)67-51(46)73-48-36(6)45(71-43-32-54(11,65-15)49(38(8)68-43)69-39(9)59)37(7)50(61)70-42(17-2)55(12,64)47(60)35(5)44(33(3)31-53(48,10)63)57-66-29-24-27-40-25-21-20-22-26-40/h18-19,33-38,40-43,45-49,51,60,63-64H,16-17,20-32H2,1-15H3,(H,56,62)/b19-18+,57-44+/t33-,34-,35+,36+,37-,38+,41+,42-,43+,45+,46-,47-,48-,49+,51?,53?,54-,55-/m1/s1. The van der Waals surface area contributed by atoms with Crippen molar-refractivity contribution in [3.8, 4) is 0 Å². The number of aliphatic hydroxyl groups is 3. The largest absolute Gasteiger partial charge is 0.459 e. The Hall–Kier alpha value is -2.94. The SMILES string of the molecule is CC/C=C/CCNC(=O)O[C@H]1C(O[C@@H]2[C@@H](C)[C@H](O[C@H]3C[C@@](C)(OC)[C@@H](OC(C)=O)[C@H](C)O3)[C@@H](C)C(=O)O[C@H](CC)[C@@](C)(O)[C@H](O)[C@@H](C)/C(=N/OCCCC3CCCCC3)[C@H](C)CC2(C)O)O[C@H](C)C[C@@H]1N(C)C. The lowest BCUT2D eigenvalue weighted by molar-refractivity contribution is -0.318. The van der Waals surface area contributed by atoms with Crippen LogP contribution in [0.2, 0.25) is 0 Å². The Balaban J connectivity index is 1.87. The van der Waals surface area contributed by atoms with Crippen LogP contribution in [0, 0.1) is 29.6 Å². The normalized spacial score (nSPS) is 40.2. The second kappa shape index (κ2) is 28.4. The summed E-state index contributed by atoms with van der Waals surface area (Å²) < 4.78 is 51.2. The first-order chi connectivity index (χ1) is 34.3. The van der Waals surface area contributed by atoms with Crippen LogP contribution in [0.3, 0.4) is 0 Å². The number of amides is 1. The molecule has 3 saturated heterocycles. The highest BCUT2D eigenvalue weighted by Gasteiger charge is 2.55. The fourth-order valence-electron chi connectivity index (χ4n) is 11.8. The lowest BCUT2D eigenvalue weighted by atomic mass is 9.73. The van der Waals surface area contributed by atoms with Gasteiger partial charge < -0.3 is 68.3 Å². The molecule has 4 fully saturated rings. The first-order valence-corrected chi connectivity index (χ1v) is 27.4. The van der Waals surface area contributed by atoms with Crippen LogP contribution in [0.1, 0.15) is 167 Å². The number of allylic oxidation sites excluding steroid dienone is 1. The average molecular weight is 1040 g/mol. The van der Waals surface area contributed by atoms with Crippen molar-refractivity contribution in [3.63, 3.8) is 0 Å². The van der Waals surface area contributed by atoms with Gasteiger partial charge in [-0.3, -0.25) is 9.59 Å². The molecule has 0 aromatic carbocycles. The first-order valence-electron chi connectivity index (χ1n) is 27.4. The van der Waals surface area contributed by atoms with E-state index in [1.54, 1.807) is 48.5 Å². The molecule has 73 heavy (non-hydrogen) atoms. The van der Waals surface area contributed by atoms with Crippen molar-refractivity contribution in [1.82, 2.24) is 10.2 Å². The number of methoxy groups -OCH3 is 1. The number of esters is 2. The molecule has 18 nitrogen and oxygen atoms in total. The van der Waals surface area contributed by atoms with Crippen molar-refractivity contribution in [2.75, 3.05) is 34.4 Å². The number of oxime groups is 1. The fraction of sp³-hybridized carbons (Fsp3) is 0.891. The summed E-state index contributed by atoms with van der Waals surface area (Å²) in [6.07, 6.45) is 3.31. The van der Waals surface area contributed by atoms with E-state index in [0.717, 1.165) is 19.3 Å². The van der Waals surface area contributed by atoms with E-state index in [-0.39, 0.29) is 31.4 Å². The van der Waals surface area contributed by atoms with Gasteiger partial charge in [-0.1, -0.05) is 84.0 Å². The molecule has 0 radical (unpaired) electrons. The Morgan fingerprint density at radius 3 is 2.21 bits per heavy atom. The molecule has 0 aromatic rings. The minimum absolute atomic E-state index is 0.0202. The number of carbonyl (C=O) groups is 3. The highest BCUT2D eigenvalue weighted by Crippen LogP contribution is 2.42. The number of cyclic esters (lactones) is 1. The minimum Gasteiger partial charge on any atom is -0.459 e. The molecule has 1 aliphatic carbocycles. The number of hydrogen-bond acceptors (Lipinski definition) is 17. The molecule has 422 valence electrons. The van der Waals surface area contributed by atoms with Crippen molar-refractivity contribution in [2.45, 2.75) is 251 Å². The Bertz CT molecular complexity index is 1770. The van der Waals surface area contributed by atoms with Crippen LogP contribution in [-0.4, -0.2) is 163 Å². The summed E-state index contributed by atoms with van der Waals surface area (Å²) >= 11 is 0. The second-order valence-corrected chi connectivity index (χ2v) is 22.6. The van der Waals surface area contributed by atoms with Gasteiger partial charge in [-0.15, -0.1) is 0 Å². The minimum atomic E-state index is -1.97. The maximum atomic E-state index is 14.8. The number of nitrogens with zero attached hydrogens (tertiary/aromatic N) is 2. The summed E-state index contributed by atoms with van der Waals surface area (Å²) in [6, 6.07) is -0.373. The Labute approximate surface area is 437 Å². The highest BCUT2D eigenvalue weighted by atomic mass is 16.7. The summed E-state index contributed by atoms with van der Waals surface area (Å²) in [5, 5.41) is 45.3. The molecule has 2 unspecified atom stereocenters. The summed E-state index contributed by atoms with van der Waals surface area (Å²) in [5.74, 6) is -4.06. The third-order valence-electron chi connectivity index (χ3n) is 16.1. The predicted octanol–water partition coefficient (Wildman–Crippen LogP) is 7.61. The second-order valence-electron chi connectivity index (χ2n) is 22.6. The van der Waals surface area contributed by atoms with Gasteiger partial charge in [0.25, 0.3) is 0 Å².